The molecule has 0 unspecified atom stereocenters. The summed E-state index contributed by atoms with van der Waals surface area (Å²) >= 11 is 3.07. The van der Waals surface area contributed by atoms with Crippen LogP contribution in [0.15, 0.2) is 4.73 Å². The third-order valence-corrected chi connectivity index (χ3v) is 1.26. The van der Waals surface area contributed by atoms with E-state index in [0.29, 0.717) is 17.4 Å². The molecule has 0 aliphatic heterocycles. The number of ether oxygens (including phenoxy) is 1. The summed E-state index contributed by atoms with van der Waals surface area (Å²) in [4.78, 5) is 3.80. The molecule has 0 saturated carbocycles. The molecule has 10 heavy (non-hydrogen) atoms. The molecular weight excluding hydrogens is 200 g/mol. The summed E-state index contributed by atoms with van der Waals surface area (Å²) in [5, 5.41) is 3.87. The van der Waals surface area contributed by atoms with E-state index in [2.05, 4.69) is 26.0 Å². The number of methoxy groups -OCH3 is 1. The smallest absolute Gasteiger partial charge is 0.221 e. The Morgan fingerprint density at radius 2 is 2.50 bits per heavy atom. The predicted molar refractivity (Wildman–Crippen MR) is 39.1 cm³/mol. The standard InChI is InChI=1S/C4H7BrN4O/c1-10-2-9-4(6)7-3(5)8-9/h2H2,1H3,(H2,6,7,8). The van der Waals surface area contributed by atoms with Crippen LogP contribution < -0.4 is 5.73 Å². The third kappa shape index (κ3) is 1.45. The molecule has 0 saturated heterocycles. The Hall–Kier alpha value is -0.620. The minimum atomic E-state index is 0.324. The summed E-state index contributed by atoms with van der Waals surface area (Å²) in [7, 11) is 1.56. The highest BCUT2D eigenvalue weighted by molar-refractivity contribution is 9.10. The first-order chi connectivity index (χ1) is 4.74. The van der Waals surface area contributed by atoms with Crippen molar-refractivity contribution in [3.63, 3.8) is 0 Å². The molecule has 6 heteroatoms. The van der Waals surface area contributed by atoms with Gasteiger partial charge in [0.2, 0.25) is 10.7 Å². The van der Waals surface area contributed by atoms with Crippen LogP contribution in [0.25, 0.3) is 0 Å². The first-order valence-corrected chi connectivity index (χ1v) is 3.38. The number of nitrogens with zero attached hydrogens (tertiary/aromatic N) is 3. The fourth-order valence-electron chi connectivity index (χ4n) is 0.543. The van der Waals surface area contributed by atoms with Gasteiger partial charge in [-0.2, -0.15) is 4.98 Å². The Balaban J connectivity index is 2.81. The van der Waals surface area contributed by atoms with Gasteiger partial charge in [0.15, 0.2) is 0 Å². The van der Waals surface area contributed by atoms with E-state index in [1.54, 1.807) is 7.11 Å². The second-order valence-electron chi connectivity index (χ2n) is 1.66. The van der Waals surface area contributed by atoms with E-state index in [0.717, 1.165) is 0 Å². The second kappa shape index (κ2) is 2.98. The molecule has 1 heterocycles. The number of aromatic nitrogens is 3. The zero-order valence-electron chi connectivity index (χ0n) is 5.41. The molecule has 0 atom stereocenters. The summed E-state index contributed by atoms with van der Waals surface area (Å²) in [6, 6.07) is 0. The van der Waals surface area contributed by atoms with E-state index in [1.165, 1.54) is 4.68 Å². The highest BCUT2D eigenvalue weighted by Crippen LogP contribution is 2.05. The Morgan fingerprint density at radius 3 is 2.90 bits per heavy atom. The van der Waals surface area contributed by atoms with E-state index in [1.807, 2.05) is 0 Å². The molecule has 0 aliphatic carbocycles. The number of nitrogens with two attached hydrogens (primary N) is 1. The Bertz CT molecular complexity index is 223. The van der Waals surface area contributed by atoms with Gasteiger partial charge in [0.05, 0.1) is 0 Å². The molecule has 0 radical (unpaired) electrons. The fourth-order valence-corrected chi connectivity index (χ4v) is 0.916. The average Bonchev–Trinajstić information content (AvgIpc) is 2.13. The van der Waals surface area contributed by atoms with Crippen molar-refractivity contribution < 1.29 is 4.74 Å². The van der Waals surface area contributed by atoms with E-state index >= 15 is 0 Å². The molecule has 5 nitrogen and oxygen atoms in total. The summed E-state index contributed by atoms with van der Waals surface area (Å²) < 4.78 is 6.70. The zero-order valence-corrected chi connectivity index (χ0v) is 7.00. The third-order valence-electron chi connectivity index (χ3n) is 0.926. The van der Waals surface area contributed by atoms with Crippen molar-refractivity contribution in [1.82, 2.24) is 14.8 Å². The fraction of sp³-hybridized carbons (Fsp3) is 0.500. The predicted octanol–water partition coefficient (Wildman–Crippen LogP) is 0.227. The maximum atomic E-state index is 5.41. The second-order valence-corrected chi connectivity index (χ2v) is 2.37. The zero-order chi connectivity index (χ0) is 7.56. The lowest BCUT2D eigenvalue weighted by atomic mass is 11.0. The van der Waals surface area contributed by atoms with Crippen LogP contribution in [0.5, 0.6) is 0 Å². The van der Waals surface area contributed by atoms with Crippen molar-refractivity contribution in [2.75, 3.05) is 12.8 Å². The van der Waals surface area contributed by atoms with E-state index in [9.17, 15) is 0 Å². The largest absolute Gasteiger partial charge is 0.368 e. The number of hydrogen-bond donors (Lipinski definition) is 1. The van der Waals surface area contributed by atoms with Crippen LogP contribution in [-0.4, -0.2) is 21.9 Å². The van der Waals surface area contributed by atoms with E-state index < -0.39 is 0 Å². The van der Waals surface area contributed by atoms with Crippen LogP contribution in [-0.2, 0) is 11.5 Å². The van der Waals surface area contributed by atoms with Crippen molar-refractivity contribution in [3.8, 4) is 0 Å². The van der Waals surface area contributed by atoms with Gasteiger partial charge in [0.1, 0.15) is 6.73 Å². The topological polar surface area (TPSA) is 66.0 Å². The monoisotopic (exact) mass is 206 g/mol. The van der Waals surface area contributed by atoms with Crippen molar-refractivity contribution >= 4 is 21.9 Å². The van der Waals surface area contributed by atoms with Crippen molar-refractivity contribution in [2.24, 2.45) is 0 Å². The van der Waals surface area contributed by atoms with Gasteiger partial charge in [-0.25, -0.2) is 4.68 Å². The summed E-state index contributed by atoms with van der Waals surface area (Å²) in [5.41, 5.74) is 5.41. The maximum absolute atomic E-state index is 5.41. The van der Waals surface area contributed by atoms with Crippen LogP contribution in [0, 0.1) is 0 Å². The van der Waals surface area contributed by atoms with Gasteiger partial charge < -0.3 is 10.5 Å². The summed E-state index contributed by atoms with van der Waals surface area (Å²) in [5.74, 6) is 0.341. The quantitative estimate of drug-likeness (QED) is 0.753. The van der Waals surface area contributed by atoms with Crippen LogP contribution in [0.2, 0.25) is 0 Å². The summed E-state index contributed by atoms with van der Waals surface area (Å²) in [6.45, 7) is 0.324. The van der Waals surface area contributed by atoms with Gasteiger partial charge in [-0.15, -0.1) is 5.10 Å². The maximum Gasteiger partial charge on any atom is 0.221 e. The number of hydrogen-bond acceptors (Lipinski definition) is 4. The Kier molecular flexibility index (Phi) is 2.23. The Morgan fingerprint density at radius 1 is 1.80 bits per heavy atom. The lowest BCUT2D eigenvalue weighted by Gasteiger charge is -1.97. The van der Waals surface area contributed by atoms with Crippen LogP contribution in [0.1, 0.15) is 0 Å². The van der Waals surface area contributed by atoms with Crippen molar-refractivity contribution in [1.29, 1.82) is 0 Å². The van der Waals surface area contributed by atoms with Crippen molar-refractivity contribution in [3.05, 3.63) is 4.73 Å². The molecule has 1 aromatic rings. The van der Waals surface area contributed by atoms with Crippen molar-refractivity contribution in [2.45, 2.75) is 6.73 Å². The van der Waals surface area contributed by atoms with Crippen LogP contribution in [0.4, 0.5) is 5.95 Å². The molecule has 0 spiro atoms. The minimum absolute atomic E-state index is 0.324. The number of nitrogen functional groups attached to an aromatic ring is 1. The molecule has 0 aromatic carbocycles. The lowest BCUT2D eigenvalue weighted by molar-refractivity contribution is 0.122. The van der Waals surface area contributed by atoms with Crippen LogP contribution in [0.3, 0.4) is 0 Å². The van der Waals surface area contributed by atoms with Gasteiger partial charge in [-0.05, 0) is 15.9 Å². The number of rotatable bonds is 2. The average molecular weight is 207 g/mol. The Labute approximate surface area is 66.3 Å². The molecular formula is C4H7BrN4O. The van der Waals surface area contributed by atoms with Gasteiger partial charge >= 0.3 is 0 Å². The SMILES string of the molecule is COCn1nc(Br)nc1N. The molecule has 0 bridgehead atoms. The van der Waals surface area contributed by atoms with Gasteiger partial charge in [0.25, 0.3) is 0 Å². The number of anilines is 1. The first kappa shape index (κ1) is 7.49. The highest BCUT2D eigenvalue weighted by Gasteiger charge is 2.01. The molecule has 1 aromatic heterocycles. The molecule has 56 valence electrons. The molecule has 0 fully saturated rings. The first-order valence-electron chi connectivity index (χ1n) is 2.59. The van der Waals surface area contributed by atoms with Crippen LogP contribution >= 0.6 is 15.9 Å². The molecule has 0 aliphatic rings. The summed E-state index contributed by atoms with van der Waals surface area (Å²) in [6.07, 6.45) is 0. The van der Waals surface area contributed by atoms with E-state index in [4.69, 9.17) is 10.5 Å². The van der Waals surface area contributed by atoms with E-state index in [-0.39, 0.29) is 0 Å². The minimum Gasteiger partial charge on any atom is -0.368 e. The molecule has 1 rings (SSSR count). The lowest BCUT2D eigenvalue weighted by Crippen LogP contribution is -2.06. The van der Waals surface area contributed by atoms with Gasteiger partial charge in [-0.1, -0.05) is 0 Å². The molecule has 0 amide bonds. The molecule has 2 N–H and O–H groups in total. The number of halogens is 1. The van der Waals surface area contributed by atoms with Gasteiger partial charge in [-0.3, -0.25) is 0 Å². The normalized spacial score (nSPS) is 10.2. The van der Waals surface area contributed by atoms with Gasteiger partial charge in [0, 0.05) is 7.11 Å². The highest BCUT2D eigenvalue weighted by atomic mass is 79.9.